The van der Waals surface area contributed by atoms with Crippen LogP contribution in [0.3, 0.4) is 0 Å². The lowest BCUT2D eigenvalue weighted by Crippen LogP contribution is -2.32. The Balaban J connectivity index is 2.53. The van der Waals surface area contributed by atoms with Crippen LogP contribution in [0, 0.1) is 5.92 Å². The number of carbonyl (C=O) groups excluding carboxylic acids is 1. The Morgan fingerprint density at radius 1 is 1.05 bits per heavy atom. The number of amides is 1. The van der Waals surface area contributed by atoms with Crippen LogP contribution in [0.1, 0.15) is 60.3 Å². The summed E-state index contributed by atoms with van der Waals surface area (Å²) in [7, 11) is 0. The van der Waals surface area contributed by atoms with Crippen molar-refractivity contribution in [1.82, 2.24) is 4.90 Å². The average Bonchev–Trinajstić information content (AvgIpc) is 3.16. The van der Waals surface area contributed by atoms with Crippen molar-refractivity contribution in [2.24, 2.45) is 5.92 Å². The van der Waals surface area contributed by atoms with E-state index < -0.39 is 0 Å². The zero-order valence-electron chi connectivity index (χ0n) is 14.4. The molecule has 1 aliphatic carbocycles. The first-order valence-corrected chi connectivity index (χ1v) is 8.11. The molecule has 0 aromatic rings. The molecule has 0 unspecified atom stereocenters. The normalized spacial score (nSPS) is 14.6. The van der Waals surface area contributed by atoms with E-state index in [2.05, 4.69) is 32.9 Å². The molecule has 1 aliphatic rings. The summed E-state index contributed by atoms with van der Waals surface area (Å²) in [5.74, 6) is 0.897. The minimum Gasteiger partial charge on any atom is -0.335 e. The van der Waals surface area contributed by atoms with E-state index in [1.807, 2.05) is 18.7 Å². The SMILES string of the molecule is CC(C)=CCC/C(C)=C/CN(CC1CC1)C(=O)C=C(C)C. The van der Waals surface area contributed by atoms with Gasteiger partial charge in [0, 0.05) is 19.2 Å². The van der Waals surface area contributed by atoms with Crippen LogP contribution in [-0.4, -0.2) is 23.9 Å². The maximum atomic E-state index is 12.2. The van der Waals surface area contributed by atoms with Gasteiger partial charge in [-0.2, -0.15) is 0 Å². The zero-order valence-corrected chi connectivity index (χ0v) is 14.4. The molecule has 1 fully saturated rings. The Hall–Kier alpha value is -1.31. The van der Waals surface area contributed by atoms with Crippen LogP contribution in [-0.2, 0) is 4.79 Å². The molecule has 0 N–H and O–H groups in total. The van der Waals surface area contributed by atoms with Crippen LogP contribution >= 0.6 is 0 Å². The van der Waals surface area contributed by atoms with Crippen molar-refractivity contribution in [2.45, 2.75) is 60.3 Å². The van der Waals surface area contributed by atoms with E-state index in [0.717, 1.165) is 37.4 Å². The van der Waals surface area contributed by atoms with Gasteiger partial charge in [-0.15, -0.1) is 0 Å². The van der Waals surface area contributed by atoms with Crippen molar-refractivity contribution in [3.63, 3.8) is 0 Å². The van der Waals surface area contributed by atoms with E-state index in [-0.39, 0.29) is 5.91 Å². The molecule has 0 heterocycles. The second kappa shape index (κ2) is 8.86. The van der Waals surface area contributed by atoms with Gasteiger partial charge in [0.2, 0.25) is 5.91 Å². The molecule has 0 bridgehead atoms. The fraction of sp³-hybridized carbons (Fsp3) is 0.632. The van der Waals surface area contributed by atoms with Crippen LogP contribution in [0.15, 0.2) is 34.9 Å². The highest BCUT2D eigenvalue weighted by atomic mass is 16.2. The summed E-state index contributed by atoms with van der Waals surface area (Å²) in [4.78, 5) is 14.2. The lowest BCUT2D eigenvalue weighted by Gasteiger charge is -2.20. The Labute approximate surface area is 130 Å². The quantitative estimate of drug-likeness (QED) is 0.460. The highest BCUT2D eigenvalue weighted by Gasteiger charge is 2.25. The van der Waals surface area contributed by atoms with Crippen molar-refractivity contribution >= 4 is 5.91 Å². The summed E-state index contributed by atoms with van der Waals surface area (Å²) in [6.07, 6.45) is 11.0. The van der Waals surface area contributed by atoms with Gasteiger partial charge in [0.15, 0.2) is 0 Å². The first-order valence-electron chi connectivity index (χ1n) is 8.11. The molecule has 0 aliphatic heterocycles. The zero-order chi connectivity index (χ0) is 15.8. The van der Waals surface area contributed by atoms with Gasteiger partial charge in [-0.1, -0.05) is 28.9 Å². The molecule has 0 saturated heterocycles. The molecule has 2 nitrogen and oxygen atoms in total. The van der Waals surface area contributed by atoms with Gasteiger partial charge in [-0.05, 0) is 66.2 Å². The molecule has 1 saturated carbocycles. The van der Waals surface area contributed by atoms with E-state index in [0.29, 0.717) is 0 Å². The van der Waals surface area contributed by atoms with Gasteiger partial charge in [-0.25, -0.2) is 0 Å². The van der Waals surface area contributed by atoms with Crippen LogP contribution in [0.5, 0.6) is 0 Å². The molecule has 0 aromatic carbocycles. The van der Waals surface area contributed by atoms with E-state index in [4.69, 9.17) is 0 Å². The molecule has 0 atom stereocenters. The van der Waals surface area contributed by atoms with Crippen LogP contribution in [0.4, 0.5) is 0 Å². The third kappa shape index (κ3) is 8.54. The van der Waals surface area contributed by atoms with Gasteiger partial charge >= 0.3 is 0 Å². The van der Waals surface area contributed by atoms with Crippen LogP contribution < -0.4 is 0 Å². The molecule has 2 heteroatoms. The second-order valence-electron chi connectivity index (χ2n) is 6.78. The van der Waals surface area contributed by atoms with Crippen LogP contribution in [0.2, 0.25) is 0 Å². The van der Waals surface area contributed by atoms with Crippen molar-refractivity contribution in [2.75, 3.05) is 13.1 Å². The lowest BCUT2D eigenvalue weighted by molar-refractivity contribution is -0.125. The van der Waals surface area contributed by atoms with E-state index in [1.165, 1.54) is 24.0 Å². The first-order chi connectivity index (χ1) is 9.88. The number of rotatable bonds is 8. The summed E-state index contributed by atoms with van der Waals surface area (Å²) in [6, 6.07) is 0. The predicted molar refractivity (Wildman–Crippen MR) is 91.2 cm³/mol. The summed E-state index contributed by atoms with van der Waals surface area (Å²) >= 11 is 0. The van der Waals surface area contributed by atoms with E-state index in [9.17, 15) is 4.79 Å². The third-order valence-electron chi connectivity index (χ3n) is 3.65. The van der Waals surface area contributed by atoms with Crippen molar-refractivity contribution in [3.8, 4) is 0 Å². The van der Waals surface area contributed by atoms with Gasteiger partial charge in [0.1, 0.15) is 0 Å². The number of allylic oxidation sites excluding steroid dienone is 4. The molecule has 21 heavy (non-hydrogen) atoms. The monoisotopic (exact) mass is 289 g/mol. The molecule has 118 valence electrons. The largest absolute Gasteiger partial charge is 0.335 e. The molecule has 0 aromatic heterocycles. The number of hydrogen-bond acceptors (Lipinski definition) is 1. The van der Waals surface area contributed by atoms with Crippen LogP contribution in [0.25, 0.3) is 0 Å². The minimum absolute atomic E-state index is 0.162. The maximum absolute atomic E-state index is 12.2. The Morgan fingerprint density at radius 3 is 2.24 bits per heavy atom. The summed E-state index contributed by atoms with van der Waals surface area (Å²) in [5, 5.41) is 0. The molecule has 1 rings (SSSR count). The summed E-state index contributed by atoms with van der Waals surface area (Å²) in [6.45, 7) is 12.1. The standard InChI is InChI=1S/C19H31NO/c1-15(2)7-6-8-17(5)11-12-20(14-18-9-10-18)19(21)13-16(3)4/h7,11,13,18H,6,8-10,12,14H2,1-5H3/b17-11+. The lowest BCUT2D eigenvalue weighted by atomic mass is 10.1. The molecular weight excluding hydrogens is 258 g/mol. The Kier molecular flexibility index (Phi) is 7.49. The number of nitrogens with zero attached hydrogens (tertiary/aromatic N) is 1. The number of hydrogen-bond donors (Lipinski definition) is 0. The minimum atomic E-state index is 0.162. The average molecular weight is 289 g/mol. The van der Waals surface area contributed by atoms with Crippen molar-refractivity contribution < 1.29 is 4.79 Å². The third-order valence-corrected chi connectivity index (χ3v) is 3.65. The van der Waals surface area contributed by atoms with Gasteiger partial charge in [-0.3, -0.25) is 4.79 Å². The fourth-order valence-electron chi connectivity index (χ4n) is 2.16. The maximum Gasteiger partial charge on any atom is 0.246 e. The topological polar surface area (TPSA) is 20.3 Å². The predicted octanol–water partition coefficient (Wildman–Crippen LogP) is 4.88. The highest BCUT2D eigenvalue weighted by Crippen LogP contribution is 2.29. The highest BCUT2D eigenvalue weighted by molar-refractivity contribution is 5.88. The summed E-state index contributed by atoms with van der Waals surface area (Å²) < 4.78 is 0. The molecule has 0 spiro atoms. The Morgan fingerprint density at radius 2 is 1.71 bits per heavy atom. The number of carbonyl (C=O) groups is 1. The molecule has 1 amide bonds. The fourth-order valence-corrected chi connectivity index (χ4v) is 2.16. The molecular formula is C19H31NO. The van der Waals surface area contributed by atoms with Crippen molar-refractivity contribution in [3.05, 3.63) is 34.9 Å². The van der Waals surface area contributed by atoms with E-state index in [1.54, 1.807) is 6.08 Å². The van der Waals surface area contributed by atoms with Gasteiger partial charge in [0.25, 0.3) is 0 Å². The Bertz CT molecular complexity index is 430. The smallest absolute Gasteiger partial charge is 0.246 e. The summed E-state index contributed by atoms with van der Waals surface area (Å²) in [5.41, 5.74) is 3.82. The molecule has 0 radical (unpaired) electrons. The first kappa shape index (κ1) is 17.7. The van der Waals surface area contributed by atoms with Gasteiger partial charge < -0.3 is 4.90 Å². The van der Waals surface area contributed by atoms with Crippen molar-refractivity contribution in [1.29, 1.82) is 0 Å². The van der Waals surface area contributed by atoms with E-state index >= 15 is 0 Å². The van der Waals surface area contributed by atoms with Gasteiger partial charge in [0.05, 0.1) is 0 Å². The second-order valence-corrected chi connectivity index (χ2v) is 6.78.